The average molecular weight is 328 g/mol. The predicted octanol–water partition coefficient (Wildman–Crippen LogP) is 3.31. The summed E-state index contributed by atoms with van der Waals surface area (Å²) in [5.74, 6) is 1.18. The number of hydrogen-bond donors (Lipinski definition) is 1. The van der Waals surface area contributed by atoms with E-state index in [0.717, 1.165) is 39.1 Å². The zero-order valence-electron chi connectivity index (χ0n) is 14.8. The lowest BCUT2D eigenvalue weighted by molar-refractivity contribution is 0.152. The lowest BCUT2D eigenvalue weighted by Crippen LogP contribution is -2.44. The minimum atomic E-state index is 0.112. The Morgan fingerprint density at radius 1 is 1.42 bits per heavy atom. The molecule has 0 aromatic heterocycles. The van der Waals surface area contributed by atoms with E-state index in [1.54, 1.807) is 0 Å². The van der Waals surface area contributed by atoms with Crippen molar-refractivity contribution in [1.82, 2.24) is 10.2 Å². The van der Waals surface area contributed by atoms with Crippen molar-refractivity contribution < 1.29 is 9.53 Å². The van der Waals surface area contributed by atoms with Gasteiger partial charge in [-0.25, -0.2) is 4.79 Å². The van der Waals surface area contributed by atoms with E-state index < -0.39 is 0 Å². The van der Waals surface area contributed by atoms with Crippen molar-refractivity contribution in [3.8, 4) is 0 Å². The van der Waals surface area contributed by atoms with Gasteiger partial charge in [0.25, 0.3) is 0 Å². The van der Waals surface area contributed by atoms with E-state index >= 15 is 0 Å². The minimum absolute atomic E-state index is 0.112. The van der Waals surface area contributed by atoms with Gasteiger partial charge in [-0.2, -0.15) is 0 Å². The number of urea groups is 1. The molecule has 0 radical (unpaired) electrons. The molecule has 0 bridgehead atoms. The molecule has 1 aliphatic carbocycles. The number of amides is 2. The van der Waals surface area contributed by atoms with Crippen molar-refractivity contribution in [1.29, 1.82) is 0 Å². The highest BCUT2D eigenvalue weighted by Crippen LogP contribution is 2.49. The Morgan fingerprint density at radius 2 is 2.29 bits per heavy atom. The van der Waals surface area contributed by atoms with Gasteiger partial charge in [-0.15, -0.1) is 0 Å². The second kappa shape index (κ2) is 6.07. The monoisotopic (exact) mass is 328 g/mol. The number of likely N-dealkylation sites (tertiary alicyclic amines) is 1. The van der Waals surface area contributed by atoms with Gasteiger partial charge in [0, 0.05) is 31.2 Å². The molecule has 1 spiro atoms. The Morgan fingerprint density at radius 3 is 3.04 bits per heavy atom. The number of nitrogens with zero attached hydrogens (tertiary/aromatic N) is 1. The van der Waals surface area contributed by atoms with E-state index in [2.05, 4.69) is 43.4 Å². The molecule has 4 atom stereocenters. The third kappa shape index (κ3) is 3.04. The molecule has 4 nitrogen and oxygen atoms in total. The molecule has 1 N–H and O–H groups in total. The summed E-state index contributed by atoms with van der Waals surface area (Å²) in [6.45, 7) is 7.70. The van der Waals surface area contributed by atoms with Crippen LogP contribution in [-0.2, 0) is 4.74 Å². The van der Waals surface area contributed by atoms with Crippen LogP contribution in [0.4, 0.5) is 4.79 Å². The summed E-state index contributed by atoms with van der Waals surface area (Å²) in [5.41, 5.74) is 2.98. The molecule has 2 heterocycles. The summed E-state index contributed by atoms with van der Waals surface area (Å²) in [7, 11) is 0. The van der Waals surface area contributed by atoms with Gasteiger partial charge in [0.05, 0.1) is 6.61 Å². The molecule has 2 amide bonds. The molecule has 1 saturated carbocycles. The van der Waals surface area contributed by atoms with Gasteiger partial charge in [0.15, 0.2) is 0 Å². The summed E-state index contributed by atoms with van der Waals surface area (Å²) in [5, 5.41) is 3.25. The highest BCUT2D eigenvalue weighted by Gasteiger charge is 2.45. The maximum absolute atomic E-state index is 12.6. The summed E-state index contributed by atoms with van der Waals surface area (Å²) in [4.78, 5) is 14.6. The number of rotatable bonds is 3. The number of ether oxygens (including phenoxy) is 1. The molecule has 130 valence electrons. The Labute approximate surface area is 144 Å². The average Bonchev–Trinajstić information content (AvgIpc) is 3.07. The Kier molecular flexibility index (Phi) is 4.03. The zero-order valence-corrected chi connectivity index (χ0v) is 14.8. The van der Waals surface area contributed by atoms with Gasteiger partial charge in [-0.05, 0) is 50.5 Å². The Balaban J connectivity index is 1.31. The second-order valence-corrected chi connectivity index (χ2v) is 8.13. The number of carbonyl (C=O) groups excluding carboxylic acids is 1. The quantitative estimate of drug-likeness (QED) is 0.925. The van der Waals surface area contributed by atoms with E-state index in [9.17, 15) is 4.79 Å². The third-order valence-electron chi connectivity index (χ3n) is 6.21. The van der Waals surface area contributed by atoms with E-state index in [0.29, 0.717) is 11.8 Å². The lowest BCUT2D eigenvalue weighted by Gasteiger charge is -2.24. The fraction of sp³-hybridized carbons (Fsp3) is 0.650. The fourth-order valence-corrected chi connectivity index (χ4v) is 4.52. The van der Waals surface area contributed by atoms with Crippen LogP contribution in [-0.4, -0.2) is 43.3 Å². The first-order valence-electron chi connectivity index (χ1n) is 9.26. The molecule has 2 saturated heterocycles. The first kappa shape index (κ1) is 15.9. The van der Waals surface area contributed by atoms with Crippen LogP contribution in [0.25, 0.3) is 0 Å². The molecule has 24 heavy (non-hydrogen) atoms. The van der Waals surface area contributed by atoms with Crippen LogP contribution in [0.3, 0.4) is 0 Å². The zero-order chi connectivity index (χ0) is 16.7. The van der Waals surface area contributed by atoms with Gasteiger partial charge >= 0.3 is 6.03 Å². The van der Waals surface area contributed by atoms with Crippen LogP contribution < -0.4 is 5.32 Å². The number of aryl methyl sites for hydroxylation is 1. The molecule has 1 aromatic rings. The minimum Gasteiger partial charge on any atom is -0.381 e. The van der Waals surface area contributed by atoms with E-state index in [4.69, 9.17) is 4.74 Å². The van der Waals surface area contributed by atoms with Crippen molar-refractivity contribution >= 4 is 6.03 Å². The topological polar surface area (TPSA) is 41.6 Å². The highest BCUT2D eigenvalue weighted by atomic mass is 16.5. The molecule has 0 unspecified atom stereocenters. The molecular weight excluding hydrogens is 300 g/mol. The second-order valence-electron chi connectivity index (χ2n) is 8.13. The van der Waals surface area contributed by atoms with Gasteiger partial charge in [0.2, 0.25) is 0 Å². The van der Waals surface area contributed by atoms with E-state index in [1.165, 1.54) is 17.5 Å². The van der Waals surface area contributed by atoms with Crippen LogP contribution in [0.2, 0.25) is 0 Å². The van der Waals surface area contributed by atoms with Gasteiger partial charge in [-0.1, -0.05) is 29.8 Å². The molecule has 4 rings (SSSR count). The van der Waals surface area contributed by atoms with E-state index in [1.807, 2.05) is 4.90 Å². The summed E-state index contributed by atoms with van der Waals surface area (Å²) in [6.07, 6.45) is 3.37. The third-order valence-corrected chi connectivity index (χ3v) is 6.21. The summed E-state index contributed by atoms with van der Waals surface area (Å²) < 4.78 is 5.55. The first-order chi connectivity index (χ1) is 11.6. The van der Waals surface area contributed by atoms with Crippen molar-refractivity contribution in [3.63, 3.8) is 0 Å². The lowest BCUT2D eigenvalue weighted by atomic mass is 9.87. The molecule has 3 aliphatic rings. The largest absolute Gasteiger partial charge is 0.381 e. The van der Waals surface area contributed by atoms with Gasteiger partial charge in [-0.3, -0.25) is 0 Å². The predicted molar refractivity (Wildman–Crippen MR) is 94.1 cm³/mol. The van der Waals surface area contributed by atoms with Crippen molar-refractivity contribution in [2.45, 2.75) is 45.1 Å². The molecule has 2 aliphatic heterocycles. The standard InChI is InChI=1S/C20H28N2O2/c1-14-4-3-5-16(10-14)18-11-17(18)15(2)21-19(23)22-8-6-20(12-22)7-9-24-13-20/h3-5,10,15,17-18H,6-9,11-13H2,1-2H3,(H,21,23)/t15-,17-,18+,20+/m1/s1. The van der Waals surface area contributed by atoms with Gasteiger partial charge < -0.3 is 15.0 Å². The number of hydrogen-bond acceptors (Lipinski definition) is 2. The van der Waals surface area contributed by atoms with E-state index in [-0.39, 0.29) is 17.5 Å². The van der Waals surface area contributed by atoms with Crippen molar-refractivity contribution in [2.75, 3.05) is 26.3 Å². The summed E-state index contributed by atoms with van der Waals surface area (Å²) in [6, 6.07) is 9.12. The molecule has 4 heteroatoms. The first-order valence-corrected chi connectivity index (χ1v) is 9.26. The normalized spacial score (nSPS) is 33.0. The van der Waals surface area contributed by atoms with Crippen LogP contribution >= 0.6 is 0 Å². The Bertz CT molecular complexity index is 624. The number of carbonyl (C=O) groups is 1. The van der Waals surface area contributed by atoms with Crippen LogP contribution in [0.1, 0.15) is 43.2 Å². The SMILES string of the molecule is Cc1cccc([C@@H]2C[C@@H]2[C@@H](C)NC(=O)N2CC[C@]3(CCOC3)C2)c1. The molecule has 1 aromatic carbocycles. The smallest absolute Gasteiger partial charge is 0.317 e. The number of nitrogens with one attached hydrogen (secondary N) is 1. The molecular formula is C20H28N2O2. The highest BCUT2D eigenvalue weighted by molar-refractivity contribution is 5.75. The van der Waals surface area contributed by atoms with Crippen molar-refractivity contribution in [3.05, 3.63) is 35.4 Å². The Hall–Kier alpha value is -1.55. The maximum Gasteiger partial charge on any atom is 0.317 e. The van der Waals surface area contributed by atoms with Gasteiger partial charge in [0.1, 0.15) is 0 Å². The molecule has 3 fully saturated rings. The van der Waals surface area contributed by atoms with Crippen molar-refractivity contribution in [2.24, 2.45) is 11.3 Å². The number of benzene rings is 1. The fourth-order valence-electron chi connectivity index (χ4n) is 4.52. The van der Waals surface area contributed by atoms with Crippen LogP contribution in [0, 0.1) is 18.3 Å². The summed E-state index contributed by atoms with van der Waals surface area (Å²) >= 11 is 0. The maximum atomic E-state index is 12.6. The van der Waals surface area contributed by atoms with Crippen LogP contribution in [0.5, 0.6) is 0 Å². The van der Waals surface area contributed by atoms with Crippen LogP contribution in [0.15, 0.2) is 24.3 Å².